The molecule has 0 aromatic carbocycles. The van der Waals surface area contributed by atoms with Gasteiger partial charge in [-0.2, -0.15) is 0 Å². The van der Waals surface area contributed by atoms with Gasteiger partial charge in [0.15, 0.2) is 0 Å². The molecule has 22 heavy (non-hydrogen) atoms. The third kappa shape index (κ3) is 5.27. The lowest BCUT2D eigenvalue weighted by Gasteiger charge is -2.35. The van der Waals surface area contributed by atoms with Crippen LogP contribution in [0.4, 0.5) is 0 Å². The molecule has 0 aromatic rings. The standard InChI is InChI=1S/C17H31N3O2/c1-18-9-5-8-16(21)19-10-12-20(13-11-19)17(22)14-15-6-3-2-4-7-15/h15,18H,2-14H2,1H3. The molecule has 0 spiro atoms. The second-order valence-corrected chi connectivity index (χ2v) is 6.68. The fourth-order valence-corrected chi connectivity index (χ4v) is 3.55. The van der Waals surface area contributed by atoms with Gasteiger partial charge in [-0.1, -0.05) is 19.3 Å². The predicted molar refractivity (Wildman–Crippen MR) is 87.5 cm³/mol. The molecule has 1 heterocycles. The van der Waals surface area contributed by atoms with Crippen molar-refractivity contribution in [1.29, 1.82) is 0 Å². The number of nitrogens with zero attached hydrogens (tertiary/aromatic N) is 2. The number of amides is 2. The third-order valence-electron chi connectivity index (χ3n) is 4.99. The summed E-state index contributed by atoms with van der Waals surface area (Å²) < 4.78 is 0. The highest BCUT2D eigenvalue weighted by Gasteiger charge is 2.26. The molecule has 1 N–H and O–H groups in total. The van der Waals surface area contributed by atoms with E-state index < -0.39 is 0 Å². The van der Waals surface area contributed by atoms with E-state index in [1.807, 2.05) is 16.8 Å². The van der Waals surface area contributed by atoms with E-state index in [-0.39, 0.29) is 5.91 Å². The van der Waals surface area contributed by atoms with E-state index >= 15 is 0 Å². The summed E-state index contributed by atoms with van der Waals surface area (Å²) in [4.78, 5) is 28.3. The topological polar surface area (TPSA) is 52.7 Å². The lowest BCUT2D eigenvalue weighted by atomic mass is 9.86. The minimum Gasteiger partial charge on any atom is -0.339 e. The zero-order valence-corrected chi connectivity index (χ0v) is 14.0. The van der Waals surface area contributed by atoms with Crippen LogP contribution in [0.2, 0.25) is 0 Å². The Labute approximate surface area is 134 Å². The van der Waals surface area contributed by atoms with Crippen LogP contribution in [0.5, 0.6) is 0 Å². The largest absolute Gasteiger partial charge is 0.339 e. The van der Waals surface area contributed by atoms with Gasteiger partial charge < -0.3 is 15.1 Å². The summed E-state index contributed by atoms with van der Waals surface area (Å²) in [5, 5.41) is 3.06. The molecule has 1 aliphatic heterocycles. The van der Waals surface area contributed by atoms with E-state index in [9.17, 15) is 9.59 Å². The van der Waals surface area contributed by atoms with E-state index in [4.69, 9.17) is 0 Å². The van der Waals surface area contributed by atoms with Crippen LogP contribution in [0.1, 0.15) is 51.4 Å². The maximum Gasteiger partial charge on any atom is 0.222 e. The minimum atomic E-state index is 0.231. The van der Waals surface area contributed by atoms with Crippen molar-refractivity contribution in [3.63, 3.8) is 0 Å². The van der Waals surface area contributed by atoms with Gasteiger partial charge in [0.25, 0.3) is 0 Å². The van der Waals surface area contributed by atoms with E-state index in [0.29, 0.717) is 44.4 Å². The quantitative estimate of drug-likeness (QED) is 0.759. The first kappa shape index (κ1) is 17.3. The zero-order valence-electron chi connectivity index (χ0n) is 14.0. The Morgan fingerprint density at radius 3 is 2.14 bits per heavy atom. The van der Waals surface area contributed by atoms with Crippen LogP contribution in [0.3, 0.4) is 0 Å². The molecule has 0 unspecified atom stereocenters. The van der Waals surface area contributed by atoms with Crippen molar-refractivity contribution < 1.29 is 9.59 Å². The van der Waals surface area contributed by atoms with Crippen LogP contribution in [0, 0.1) is 5.92 Å². The Balaban J connectivity index is 1.67. The fraction of sp³-hybridized carbons (Fsp3) is 0.882. The normalized spacial score (nSPS) is 20.2. The molecule has 5 nitrogen and oxygen atoms in total. The van der Waals surface area contributed by atoms with Crippen LogP contribution < -0.4 is 5.32 Å². The van der Waals surface area contributed by atoms with Gasteiger partial charge in [-0.05, 0) is 38.8 Å². The van der Waals surface area contributed by atoms with Gasteiger partial charge in [0, 0.05) is 39.0 Å². The van der Waals surface area contributed by atoms with Crippen LogP contribution in [-0.4, -0.2) is 61.4 Å². The lowest BCUT2D eigenvalue weighted by molar-refractivity contribution is -0.140. The van der Waals surface area contributed by atoms with E-state index in [1.54, 1.807) is 0 Å². The second kappa shape index (κ2) is 9.13. The van der Waals surface area contributed by atoms with Crippen LogP contribution in [0.15, 0.2) is 0 Å². The number of carbonyl (C=O) groups excluding carboxylic acids is 2. The second-order valence-electron chi connectivity index (χ2n) is 6.68. The highest BCUT2D eigenvalue weighted by atomic mass is 16.2. The first-order chi connectivity index (χ1) is 10.7. The molecule has 2 aliphatic rings. The van der Waals surface area contributed by atoms with Crippen LogP contribution in [-0.2, 0) is 9.59 Å². The average Bonchev–Trinajstić information content (AvgIpc) is 2.56. The van der Waals surface area contributed by atoms with Gasteiger partial charge in [0.2, 0.25) is 11.8 Å². The van der Waals surface area contributed by atoms with Crippen molar-refractivity contribution in [2.45, 2.75) is 51.4 Å². The molecule has 0 bridgehead atoms. The average molecular weight is 309 g/mol. The number of nitrogens with one attached hydrogen (secondary N) is 1. The van der Waals surface area contributed by atoms with Gasteiger partial charge >= 0.3 is 0 Å². The van der Waals surface area contributed by atoms with Crippen molar-refractivity contribution >= 4 is 11.8 Å². The summed E-state index contributed by atoms with van der Waals surface area (Å²) in [6, 6.07) is 0. The summed E-state index contributed by atoms with van der Waals surface area (Å²) in [5.74, 6) is 1.13. The molecule has 0 aromatic heterocycles. The Hall–Kier alpha value is -1.10. The maximum absolute atomic E-state index is 12.4. The molecule has 2 rings (SSSR count). The third-order valence-corrected chi connectivity index (χ3v) is 4.99. The first-order valence-electron chi connectivity index (χ1n) is 8.91. The Kier molecular flexibility index (Phi) is 7.16. The van der Waals surface area contributed by atoms with Crippen molar-refractivity contribution in [3.8, 4) is 0 Å². The monoisotopic (exact) mass is 309 g/mol. The van der Waals surface area contributed by atoms with Crippen molar-refractivity contribution in [2.24, 2.45) is 5.92 Å². The Morgan fingerprint density at radius 2 is 1.55 bits per heavy atom. The smallest absolute Gasteiger partial charge is 0.222 e. The highest BCUT2D eigenvalue weighted by molar-refractivity contribution is 5.78. The Bertz CT molecular complexity index is 359. The number of rotatable bonds is 6. The molecular weight excluding hydrogens is 278 g/mol. The van der Waals surface area contributed by atoms with Gasteiger partial charge in [0.05, 0.1) is 0 Å². The van der Waals surface area contributed by atoms with E-state index in [1.165, 1.54) is 32.1 Å². The van der Waals surface area contributed by atoms with Crippen molar-refractivity contribution in [3.05, 3.63) is 0 Å². The summed E-state index contributed by atoms with van der Waals surface area (Å²) in [6.07, 6.45) is 8.55. The minimum absolute atomic E-state index is 0.231. The maximum atomic E-state index is 12.4. The number of hydrogen-bond acceptors (Lipinski definition) is 3. The van der Waals surface area contributed by atoms with Crippen molar-refractivity contribution in [2.75, 3.05) is 39.8 Å². The van der Waals surface area contributed by atoms with Gasteiger partial charge in [-0.15, -0.1) is 0 Å². The molecule has 0 atom stereocenters. The first-order valence-corrected chi connectivity index (χ1v) is 8.91. The van der Waals surface area contributed by atoms with Crippen LogP contribution >= 0.6 is 0 Å². The summed E-state index contributed by atoms with van der Waals surface area (Å²) in [7, 11) is 1.90. The Morgan fingerprint density at radius 1 is 0.955 bits per heavy atom. The summed E-state index contributed by atoms with van der Waals surface area (Å²) >= 11 is 0. The molecular formula is C17H31N3O2. The zero-order chi connectivity index (χ0) is 15.8. The van der Waals surface area contributed by atoms with Gasteiger partial charge in [-0.25, -0.2) is 0 Å². The molecule has 5 heteroatoms. The fourth-order valence-electron chi connectivity index (χ4n) is 3.55. The van der Waals surface area contributed by atoms with Gasteiger partial charge in [0.1, 0.15) is 0 Å². The molecule has 1 saturated carbocycles. The number of hydrogen-bond donors (Lipinski definition) is 1. The molecule has 126 valence electrons. The molecule has 2 fully saturated rings. The highest BCUT2D eigenvalue weighted by Crippen LogP contribution is 2.27. The number of piperazine rings is 1. The van der Waals surface area contributed by atoms with Crippen molar-refractivity contribution in [1.82, 2.24) is 15.1 Å². The lowest BCUT2D eigenvalue weighted by Crippen LogP contribution is -2.50. The van der Waals surface area contributed by atoms with Crippen LogP contribution in [0.25, 0.3) is 0 Å². The van der Waals surface area contributed by atoms with E-state index in [0.717, 1.165) is 19.4 Å². The summed E-state index contributed by atoms with van der Waals surface area (Å²) in [5.41, 5.74) is 0. The molecule has 2 amide bonds. The van der Waals surface area contributed by atoms with Gasteiger partial charge in [-0.3, -0.25) is 9.59 Å². The summed E-state index contributed by atoms with van der Waals surface area (Å²) in [6.45, 7) is 3.71. The van der Waals surface area contributed by atoms with E-state index in [2.05, 4.69) is 5.32 Å². The molecule has 0 radical (unpaired) electrons. The predicted octanol–water partition coefficient (Wildman–Crippen LogP) is 1.63. The molecule has 1 saturated heterocycles. The SMILES string of the molecule is CNCCCC(=O)N1CCN(C(=O)CC2CCCCC2)CC1. The molecule has 1 aliphatic carbocycles. The number of carbonyl (C=O) groups is 2.